The van der Waals surface area contributed by atoms with Crippen molar-refractivity contribution >= 4 is 11.6 Å². The van der Waals surface area contributed by atoms with E-state index in [1.54, 1.807) is 19.2 Å². The summed E-state index contributed by atoms with van der Waals surface area (Å²) >= 11 is 0. The number of hydrogen-bond donors (Lipinski definition) is 1. The summed E-state index contributed by atoms with van der Waals surface area (Å²) in [7, 11) is 3.98. The minimum atomic E-state index is -0.226. The number of rotatable bonds is 5. The molecule has 0 unspecified atom stereocenters. The number of hydrogen-bond acceptors (Lipinski definition) is 5. The molecule has 0 atom stereocenters. The van der Waals surface area contributed by atoms with Crippen LogP contribution in [-0.2, 0) is 6.54 Å². The lowest BCUT2D eigenvalue weighted by atomic mass is 10.1. The molecule has 2 heterocycles. The van der Waals surface area contributed by atoms with Crippen LogP contribution in [0.3, 0.4) is 0 Å². The van der Waals surface area contributed by atoms with Gasteiger partial charge in [-0.3, -0.25) is 9.78 Å². The van der Waals surface area contributed by atoms with E-state index in [1.165, 1.54) is 0 Å². The van der Waals surface area contributed by atoms with Crippen LogP contribution in [0.4, 0.5) is 5.69 Å². The van der Waals surface area contributed by atoms with E-state index >= 15 is 0 Å². The molecule has 3 aromatic rings. The summed E-state index contributed by atoms with van der Waals surface area (Å²) in [5.41, 5.74) is 3.62. The standard InChI is InChI=1S/C19H20N4O2/c1-13-17(18(22-25-13)16-6-4-5-11-20-16)19(24)21-12-14-7-9-15(10-8-14)23(2)3/h4-11H,12H2,1-3H3,(H,21,24). The highest BCUT2D eigenvalue weighted by Crippen LogP contribution is 2.23. The van der Waals surface area contributed by atoms with E-state index in [4.69, 9.17) is 4.52 Å². The zero-order valence-electron chi connectivity index (χ0n) is 14.5. The van der Waals surface area contributed by atoms with Gasteiger partial charge in [-0.25, -0.2) is 0 Å². The minimum absolute atomic E-state index is 0.226. The molecule has 0 saturated carbocycles. The summed E-state index contributed by atoms with van der Waals surface area (Å²) in [6.45, 7) is 2.15. The van der Waals surface area contributed by atoms with Crippen molar-refractivity contribution < 1.29 is 9.32 Å². The number of benzene rings is 1. The Balaban J connectivity index is 1.75. The first kappa shape index (κ1) is 16.7. The first-order chi connectivity index (χ1) is 12.1. The van der Waals surface area contributed by atoms with E-state index in [0.717, 1.165) is 11.3 Å². The molecule has 0 aliphatic carbocycles. The first-order valence-electron chi connectivity index (χ1n) is 7.98. The van der Waals surface area contributed by atoms with Gasteiger partial charge in [-0.05, 0) is 36.8 Å². The van der Waals surface area contributed by atoms with Gasteiger partial charge in [-0.15, -0.1) is 0 Å². The van der Waals surface area contributed by atoms with E-state index in [2.05, 4.69) is 15.5 Å². The Kier molecular flexibility index (Phi) is 4.79. The van der Waals surface area contributed by atoms with Crippen molar-refractivity contribution in [2.75, 3.05) is 19.0 Å². The summed E-state index contributed by atoms with van der Waals surface area (Å²) in [6, 6.07) is 13.5. The number of pyridine rings is 1. The zero-order valence-corrected chi connectivity index (χ0v) is 14.5. The maximum Gasteiger partial charge on any atom is 0.257 e. The van der Waals surface area contributed by atoms with Crippen molar-refractivity contribution in [3.63, 3.8) is 0 Å². The Hall–Kier alpha value is -3.15. The zero-order chi connectivity index (χ0) is 17.8. The van der Waals surface area contributed by atoms with Crippen molar-refractivity contribution in [3.05, 3.63) is 65.5 Å². The van der Waals surface area contributed by atoms with Crippen LogP contribution in [0.1, 0.15) is 21.7 Å². The lowest BCUT2D eigenvalue weighted by Gasteiger charge is -2.13. The van der Waals surface area contributed by atoms with Gasteiger partial charge in [0.1, 0.15) is 17.0 Å². The summed E-state index contributed by atoms with van der Waals surface area (Å²) in [5.74, 6) is 0.247. The predicted octanol–water partition coefficient (Wildman–Crippen LogP) is 3.04. The van der Waals surface area contributed by atoms with Gasteiger partial charge in [0.25, 0.3) is 5.91 Å². The Morgan fingerprint density at radius 1 is 1.16 bits per heavy atom. The highest BCUT2D eigenvalue weighted by Gasteiger charge is 2.22. The summed E-state index contributed by atoms with van der Waals surface area (Å²) in [4.78, 5) is 18.9. The van der Waals surface area contributed by atoms with Gasteiger partial charge in [0.2, 0.25) is 0 Å². The molecular formula is C19H20N4O2. The van der Waals surface area contributed by atoms with Crippen molar-refractivity contribution in [1.29, 1.82) is 0 Å². The van der Waals surface area contributed by atoms with Crippen LogP contribution in [0, 0.1) is 6.92 Å². The van der Waals surface area contributed by atoms with Crippen LogP contribution in [0.25, 0.3) is 11.4 Å². The normalized spacial score (nSPS) is 10.5. The highest BCUT2D eigenvalue weighted by atomic mass is 16.5. The van der Waals surface area contributed by atoms with Gasteiger partial charge in [0.15, 0.2) is 0 Å². The molecule has 0 radical (unpaired) electrons. The Labute approximate surface area is 146 Å². The van der Waals surface area contributed by atoms with Crippen molar-refractivity contribution in [1.82, 2.24) is 15.5 Å². The van der Waals surface area contributed by atoms with Crippen LogP contribution in [0.2, 0.25) is 0 Å². The van der Waals surface area contributed by atoms with E-state index < -0.39 is 0 Å². The second kappa shape index (κ2) is 7.17. The average Bonchev–Trinajstić information content (AvgIpc) is 3.02. The Morgan fingerprint density at radius 2 is 1.92 bits per heavy atom. The van der Waals surface area contributed by atoms with Crippen LogP contribution in [0.15, 0.2) is 53.2 Å². The molecule has 128 valence electrons. The molecule has 3 rings (SSSR count). The number of carbonyl (C=O) groups is 1. The molecule has 0 bridgehead atoms. The van der Waals surface area contributed by atoms with Crippen molar-refractivity contribution in [2.24, 2.45) is 0 Å². The summed E-state index contributed by atoms with van der Waals surface area (Å²) in [5, 5.41) is 6.91. The summed E-state index contributed by atoms with van der Waals surface area (Å²) in [6.07, 6.45) is 1.66. The SMILES string of the molecule is Cc1onc(-c2ccccn2)c1C(=O)NCc1ccc(N(C)C)cc1. The molecule has 1 amide bonds. The number of nitrogens with zero attached hydrogens (tertiary/aromatic N) is 3. The Morgan fingerprint density at radius 3 is 2.56 bits per heavy atom. The van der Waals surface area contributed by atoms with Crippen LogP contribution in [0.5, 0.6) is 0 Å². The number of carbonyl (C=O) groups excluding carboxylic acids is 1. The molecule has 0 spiro atoms. The lowest BCUT2D eigenvalue weighted by molar-refractivity contribution is 0.0950. The smallest absolute Gasteiger partial charge is 0.257 e. The lowest BCUT2D eigenvalue weighted by Crippen LogP contribution is -2.23. The second-order valence-electron chi connectivity index (χ2n) is 5.92. The van der Waals surface area contributed by atoms with Gasteiger partial charge in [0.05, 0.1) is 5.69 Å². The second-order valence-corrected chi connectivity index (χ2v) is 5.92. The summed E-state index contributed by atoms with van der Waals surface area (Å²) < 4.78 is 5.21. The third kappa shape index (κ3) is 3.68. The number of aromatic nitrogens is 2. The topological polar surface area (TPSA) is 71.3 Å². The predicted molar refractivity (Wildman–Crippen MR) is 96.4 cm³/mol. The van der Waals surface area contributed by atoms with Gasteiger partial charge in [-0.1, -0.05) is 23.4 Å². The Bertz CT molecular complexity index is 855. The molecule has 0 aliphatic rings. The van der Waals surface area contributed by atoms with Gasteiger partial charge in [0, 0.05) is 32.5 Å². The maximum absolute atomic E-state index is 12.6. The van der Waals surface area contributed by atoms with Crippen LogP contribution in [-0.4, -0.2) is 30.1 Å². The quantitative estimate of drug-likeness (QED) is 0.775. The van der Waals surface area contributed by atoms with E-state index in [9.17, 15) is 4.79 Å². The molecule has 6 nitrogen and oxygen atoms in total. The molecule has 0 fully saturated rings. The first-order valence-corrected chi connectivity index (χ1v) is 7.98. The molecule has 1 N–H and O–H groups in total. The van der Waals surface area contributed by atoms with E-state index in [-0.39, 0.29) is 5.91 Å². The van der Waals surface area contributed by atoms with Gasteiger partial charge < -0.3 is 14.7 Å². The monoisotopic (exact) mass is 336 g/mol. The largest absolute Gasteiger partial charge is 0.378 e. The van der Waals surface area contributed by atoms with Gasteiger partial charge >= 0.3 is 0 Å². The molecular weight excluding hydrogens is 316 g/mol. The van der Waals surface area contributed by atoms with E-state index in [1.807, 2.05) is 55.4 Å². The number of nitrogens with one attached hydrogen (secondary N) is 1. The highest BCUT2D eigenvalue weighted by molar-refractivity contribution is 6.00. The molecule has 0 saturated heterocycles. The minimum Gasteiger partial charge on any atom is -0.378 e. The maximum atomic E-state index is 12.6. The fourth-order valence-electron chi connectivity index (χ4n) is 2.50. The molecule has 2 aromatic heterocycles. The van der Waals surface area contributed by atoms with Crippen LogP contribution >= 0.6 is 0 Å². The third-order valence-corrected chi connectivity index (χ3v) is 3.90. The van der Waals surface area contributed by atoms with E-state index in [0.29, 0.717) is 29.3 Å². The fraction of sp³-hybridized carbons (Fsp3) is 0.211. The molecule has 6 heteroatoms. The van der Waals surface area contributed by atoms with Gasteiger partial charge in [-0.2, -0.15) is 0 Å². The fourth-order valence-corrected chi connectivity index (χ4v) is 2.50. The molecule has 1 aromatic carbocycles. The van der Waals surface area contributed by atoms with Crippen LogP contribution < -0.4 is 10.2 Å². The number of amides is 1. The number of aryl methyl sites for hydroxylation is 1. The third-order valence-electron chi connectivity index (χ3n) is 3.90. The van der Waals surface area contributed by atoms with Crippen molar-refractivity contribution in [2.45, 2.75) is 13.5 Å². The molecule has 25 heavy (non-hydrogen) atoms. The van der Waals surface area contributed by atoms with Crippen molar-refractivity contribution in [3.8, 4) is 11.4 Å². The average molecular weight is 336 g/mol. The number of anilines is 1. The molecule has 0 aliphatic heterocycles.